The highest BCUT2D eigenvalue weighted by molar-refractivity contribution is 7.99. The topological polar surface area (TPSA) is 76.2 Å². The van der Waals surface area contributed by atoms with Crippen molar-refractivity contribution in [2.24, 2.45) is 0 Å². The number of nitrogens with zero attached hydrogens (tertiary/aromatic N) is 2. The SMILES string of the molecule is Cc1coc(Sc2cc(C(=O)O)ccn2)n1. The van der Waals surface area contributed by atoms with Crippen molar-refractivity contribution in [3.63, 3.8) is 0 Å². The number of carbonyl (C=O) groups is 1. The summed E-state index contributed by atoms with van der Waals surface area (Å²) in [5.41, 5.74) is 0.970. The molecule has 2 rings (SSSR count). The largest absolute Gasteiger partial charge is 0.478 e. The van der Waals surface area contributed by atoms with Crippen molar-refractivity contribution in [1.82, 2.24) is 9.97 Å². The van der Waals surface area contributed by atoms with Gasteiger partial charge in [0, 0.05) is 6.20 Å². The Balaban J connectivity index is 2.21. The van der Waals surface area contributed by atoms with E-state index < -0.39 is 5.97 Å². The zero-order valence-corrected chi connectivity index (χ0v) is 9.19. The maximum atomic E-state index is 10.7. The first-order chi connectivity index (χ1) is 7.65. The minimum Gasteiger partial charge on any atom is -0.478 e. The summed E-state index contributed by atoms with van der Waals surface area (Å²) in [4.78, 5) is 18.8. The van der Waals surface area contributed by atoms with Crippen molar-refractivity contribution >= 4 is 17.7 Å². The average molecular weight is 236 g/mol. The van der Waals surface area contributed by atoms with E-state index in [2.05, 4.69) is 9.97 Å². The molecular weight excluding hydrogens is 228 g/mol. The maximum absolute atomic E-state index is 10.7. The summed E-state index contributed by atoms with van der Waals surface area (Å²) >= 11 is 1.19. The minimum atomic E-state index is -0.979. The molecule has 5 nitrogen and oxygen atoms in total. The van der Waals surface area contributed by atoms with Gasteiger partial charge in [-0.15, -0.1) is 0 Å². The zero-order valence-electron chi connectivity index (χ0n) is 8.38. The molecule has 0 saturated heterocycles. The first-order valence-electron chi connectivity index (χ1n) is 4.44. The highest BCUT2D eigenvalue weighted by atomic mass is 32.2. The van der Waals surface area contributed by atoms with Crippen LogP contribution in [0, 0.1) is 6.92 Å². The summed E-state index contributed by atoms with van der Waals surface area (Å²) in [6.07, 6.45) is 2.98. The molecule has 16 heavy (non-hydrogen) atoms. The second-order valence-corrected chi connectivity index (χ2v) is 4.02. The van der Waals surface area contributed by atoms with E-state index in [1.54, 1.807) is 0 Å². The first kappa shape index (κ1) is 10.7. The Hall–Kier alpha value is -1.82. The van der Waals surface area contributed by atoms with Crippen LogP contribution in [0.1, 0.15) is 16.1 Å². The van der Waals surface area contributed by atoms with Gasteiger partial charge in [0.1, 0.15) is 11.3 Å². The smallest absolute Gasteiger partial charge is 0.335 e. The number of pyridine rings is 1. The van der Waals surface area contributed by atoms with Crippen molar-refractivity contribution in [1.29, 1.82) is 0 Å². The predicted octanol–water partition coefficient (Wildman–Crippen LogP) is 2.23. The quantitative estimate of drug-likeness (QED) is 0.880. The van der Waals surface area contributed by atoms with Gasteiger partial charge < -0.3 is 9.52 Å². The van der Waals surface area contributed by atoms with Crippen LogP contribution in [-0.4, -0.2) is 21.0 Å². The van der Waals surface area contributed by atoms with Crippen LogP contribution < -0.4 is 0 Å². The zero-order chi connectivity index (χ0) is 11.5. The molecule has 0 aliphatic carbocycles. The van der Waals surface area contributed by atoms with Gasteiger partial charge in [0.05, 0.1) is 11.3 Å². The van der Waals surface area contributed by atoms with E-state index >= 15 is 0 Å². The van der Waals surface area contributed by atoms with Crippen LogP contribution in [0.2, 0.25) is 0 Å². The lowest BCUT2D eigenvalue weighted by molar-refractivity contribution is 0.0696. The number of hydrogen-bond donors (Lipinski definition) is 1. The second kappa shape index (κ2) is 4.36. The molecular formula is C10H8N2O3S. The number of carboxylic acid groups (broad SMARTS) is 1. The number of hydrogen-bond acceptors (Lipinski definition) is 5. The van der Waals surface area contributed by atoms with Gasteiger partial charge >= 0.3 is 5.97 Å². The average Bonchev–Trinajstić information content (AvgIpc) is 2.64. The van der Waals surface area contributed by atoms with E-state index in [4.69, 9.17) is 9.52 Å². The Morgan fingerprint density at radius 1 is 1.56 bits per heavy atom. The molecule has 2 aromatic rings. The highest BCUT2D eigenvalue weighted by Gasteiger charge is 2.08. The number of aromatic carboxylic acids is 1. The second-order valence-electron chi connectivity index (χ2n) is 3.04. The van der Waals surface area contributed by atoms with Crippen molar-refractivity contribution in [2.75, 3.05) is 0 Å². The number of carboxylic acids is 1. The van der Waals surface area contributed by atoms with Crippen LogP contribution in [0.3, 0.4) is 0 Å². The number of oxazole rings is 1. The predicted molar refractivity (Wildman–Crippen MR) is 56.6 cm³/mol. The van der Waals surface area contributed by atoms with Gasteiger partial charge in [-0.2, -0.15) is 0 Å². The molecule has 1 N–H and O–H groups in total. The van der Waals surface area contributed by atoms with Crippen LogP contribution >= 0.6 is 11.8 Å². The molecule has 2 aromatic heterocycles. The normalized spacial score (nSPS) is 10.3. The lowest BCUT2D eigenvalue weighted by atomic mass is 10.3. The third-order valence-corrected chi connectivity index (χ3v) is 2.57. The lowest BCUT2D eigenvalue weighted by Crippen LogP contribution is -1.96. The standard InChI is InChI=1S/C10H8N2O3S/c1-6-5-15-10(12-6)16-8-4-7(9(13)14)2-3-11-8/h2-5H,1H3,(H,13,14). The summed E-state index contributed by atoms with van der Waals surface area (Å²) in [5.74, 6) is -0.979. The molecule has 0 radical (unpaired) electrons. The molecule has 0 spiro atoms. The Morgan fingerprint density at radius 3 is 3.00 bits per heavy atom. The fraction of sp³-hybridized carbons (Fsp3) is 0.100. The van der Waals surface area contributed by atoms with Gasteiger partial charge in [0.25, 0.3) is 5.22 Å². The number of rotatable bonds is 3. The van der Waals surface area contributed by atoms with E-state index in [9.17, 15) is 4.79 Å². The van der Waals surface area contributed by atoms with E-state index in [0.29, 0.717) is 10.2 Å². The third-order valence-electron chi connectivity index (χ3n) is 1.77. The van der Waals surface area contributed by atoms with Crippen molar-refractivity contribution in [2.45, 2.75) is 17.2 Å². The van der Waals surface area contributed by atoms with E-state index in [1.165, 1.54) is 36.4 Å². The molecule has 0 aliphatic rings. The molecule has 0 atom stereocenters. The monoisotopic (exact) mass is 236 g/mol. The van der Waals surface area contributed by atoms with Crippen molar-refractivity contribution in [3.05, 3.63) is 35.9 Å². The van der Waals surface area contributed by atoms with Gasteiger partial charge in [0.2, 0.25) is 0 Å². The molecule has 0 aromatic carbocycles. The molecule has 0 saturated carbocycles. The van der Waals surface area contributed by atoms with E-state index in [1.807, 2.05) is 6.92 Å². The van der Waals surface area contributed by atoms with Crippen LogP contribution in [0.15, 0.2) is 39.3 Å². The third kappa shape index (κ3) is 2.40. The Kier molecular flexibility index (Phi) is 2.91. The van der Waals surface area contributed by atoms with Crippen LogP contribution in [-0.2, 0) is 0 Å². The fourth-order valence-corrected chi connectivity index (χ4v) is 1.83. The lowest BCUT2D eigenvalue weighted by Gasteiger charge is -1.97. The maximum Gasteiger partial charge on any atom is 0.335 e. The van der Waals surface area contributed by atoms with E-state index in [0.717, 1.165) is 5.69 Å². The first-order valence-corrected chi connectivity index (χ1v) is 5.26. The van der Waals surface area contributed by atoms with Gasteiger partial charge in [-0.05, 0) is 30.8 Å². The van der Waals surface area contributed by atoms with Crippen LogP contribution in [0.25, 0.3) is 0 Å². The summed E-state index contributed by atoms with van der Waals surface area (Å²) in [7, 11) is 0. The van der Waals surface area contributed by atoms with Gasteiger partial charge in [-0.1, -0.05) is 0 Å². The molecule has 0 bridgehead atoms. The van der Waals surface area contributed by atoms with Gasteiger partial charge in [-0.3, -0.25) is 0 Å². The van der Waals surface area contributed by atoms with Crippen molar-refractivity contribution < 1.29 is 14.3 Å². The molecule has 6 heteroatoms. The summed E-state index contributed by atoms with van der Waals surface area (Å²) in [5, 5.41) is 9.80. The number of aryl methyl sites for hydroxylation is 1. The van der Waals surface area contributed by atoms with Crippen molar-refractivity contribution in [3.8, 4) is 0 Å². The molecule has 2 heterocycles. The molecule has 0 aliphatic heterocycles. The Morgan fingerprint density at radius 2 is 2.38 bits per heavy atom. The van der Waals surface area contributed by atoms with Gasteiger partial charge in [0.15, 0.2) is 0 Å². The molecule has 0 fully saturated rings. The van der Waals surface area contributed by atoms with Gasteiger partial charge in [-0.25, -0.2) is 14.8 Å². The minimum absolute atomic E-state index is 0.195. The van der Waals surface area contributed by atoms with E-state index in [-0.39, 0.29) is 5.56 Å². The molecule has 82 valence electrons. The number of aromatic nitrogens is 2. The highest BCUT2D eigenvalue weighted by Crippen LogP contribution is 2.25. The fourth-order valence-electron chi connectivity index (χ4n) is 1.07. The molecule has 0 unspecified atom stereocenters. The molecule has 0 amide bonds. The summed E-state index contributed by atoms with van der Waals surface area (Å²) < 4.78 is 5.13. The Bertz CT molecular complexity index is 524. The van der Waals surface area contributed by atoms with Crippen LogP contribution in [0.4, 0.5) is 0 Å². The summed E-state index contributed by atoms with van der Waals surface area (Å²) in [6, 6.07) is 2.92. The van der Waals surface area contributed by atoms with Crippen LogP contribution in [0.5, 0.6) is 0 Å². The summed E-state index contributed by atoms with van der Waals surface area (Å²) in [6.45, 7) is 1.81. The Labute approximate surface area is 95.5 Å².